The number of amides is 1. The van der Waals surface area contributed by atoms with Crippen LogP contribution in [0, 0.1) is 11.8 Å². The fraction of sp³-hybridized carbons (Fsp3) is 0.154. The van der Waals surface area contributed by atoms with Gasteiger partial charge >= 0.3 is 0 Å². The fourth-order valence-corrected chi connectivity index (χ4v) is 1.47. The number of aromatic amines is 1. The SMILES string of the molecule is NCC#Cc1cccc(C(=O)NCc2ncn[nH]2)c1. The van der Waals surface area contributed by atoms with Gasteiger partial charge in [0.25, 0.3) is 5.91 Å². The van der Waals surface area contributed by atoms with E-state index in [0.717, 1.165) is 5.56 Å². The smallest absolute Gasteiger partial charge is 0.251 e. The highest BCUT2D eigenvalue weighted by Gasteiger charge is 2.06. The van der Waals surface area contributed by atoms with Gasteiger partial charge in [-0.15, -0.1) is 0 Å². The molecule has 6 heteroatoms. The zero-order chi connectivity index (χ0) is 13.5. The van der Waals surface area contributed by atoms with E-state index in [-0.39, 0.29) is 5.91 Å². The summed E-state index contributed by atoms with van der Waals surface area (Å²) in [5.74, 6) is 6.05. The Morgan fingerprint density at radius 1 is 1.47 bits per heavy atom. The summed E-state index contributed by atoms with van der Waals surface area (Å²) in [4.78, 5) is 15.8. The van der Waals surface area contributed by atoms with Crippen molar-refractivity contribution in [3.05, 3.63) is 47.5 Å². The van der Waals surface area contributed by atoms with Gasteiger partial charge in [0.2, 0.25) is 0 Å². The summed E-state index contributed by atoms with van der Waals surface area (Å²) in [6.07, 6.45) is 1.39. The minimum Gasteiger partial charge on any atom is -0.345 e. The molecule has 1 aromatic heterocycles. The van der Waals surface area contributed by atoms with E-state index in [0.29, 0.717) is 24.5 Å². The summed E-state index contributed by atoms with van der Waals surface area (Å²) in [6, 6.07) is 7.06. The molecule has 0 saturated carbocycles. The summed E-state index contributed by atoms with van der Waals surface area (Å²) in [6.45, 7) is 0.597. The number of nitrogens with two attached hydrogens (primary N) is 1. The first-order valence-electron chi connectivity index (χ1n) is 5.71. The van der Waals surface area contributed by atoms with Crippen molar-refractivity contribution in [3.8, 4) is 11.8 Å². The standard InChI is InChI=1S/C13H13N5O/c14-6-2-4-10-3-1-5-11(7-10)13(19)15-8-12-16-9-17-18-12/h1,3,5,7,9H,6,8,14H2,(H,15,19)(H,16,17,18). The quantitative estimate of drug-likeness (QED) is 0.675. The zero-order valence-corrected chi connectivity index (χ0v) is 10.2. The van der Waals surface area contributed by atoms with Gasteiger partial charge in [0.1, 0.15) is 12.2 Å². The van der Waals surface area contributed by atoms with E-state index in [1.165, 1.54) is 6.33 Å². The van der Waals surface area contributed by atoms with E-state index in [1.807, 2.05) is 6.07 Å². The molecule has 4 N–H and O–H groups in total. The monoisotopic (exact) mass is 255 g/mol. The number of nitrogens with zero attached hydrogens (tertiary/aromatic N) is 2. The summed E-state index contributed by atoms with van der Waals surface area (Å²) < 4.78 is 0. The van der Waals surface area contributed by atoms with E-state index < -0.39 is 0 Å². The number of carbonyl (C=O) groups excluding carboxylic acids is 1. The molecule has 96 valence electrons. The molecule has 0 atom stereocenters. The van der Waals surface area contributed by atoms with Crippen LogP contribution in [-0.4, -0.2) is 27.6 Å². The minimum atomic E-state index is -0.187. The lowest BCUT2D eigenvalue weighted by Crippen LogP contribution is -2.23. The van der Waals surface area contributed by atoms with Gasteiger partial charge in [0.15, 0.2) is 0 Å². The van der Waals surface area contributed by atoms with Gasteiger partial charge in [-0.1, -0.05) is 17.9 Å². The first kappa shape index (κ1) is 12.8. The summed E-state index contributed by atoms with van der Waals surface area (Å²) >= 11 is 0. The van der Waals surface area contributed by atoms with Crippen molar-refractivity contribution in [2.24, 2.45) is 5.73 Å². The predicted octanol–water partition coefficient (Wildman–Crippen LogP) is 0.0449. The van der Waals surface area contributed by atoms with Crippen molar-refractivity contribution in [3.63, 3.8) is 0 Å². The van der Waals surface area contributed by atoms with Gasteiger partial charge < -0.3 is 11.1 Å². The molecule has 0 radical (unpaired) electrons. The number of nitrogens with one attached hydrogen (secondary N) is 2. The molecule has 0 bridgehead atoms. The third-order valence-electron chi connectivity index (χ3n) is 2.34. The third-order valence-corrected chi connectivity index (χ3v) is 2.34. The number of H-pyrrole nitrogens is 1. The molecule has 2 rings (SSSR count). The van der Waals surface area contributed by atoms with Crippen LogP contribution in [0.15, 0.2) is 30.6 Å². The second kappa shape index (κ2) is 6.33. The largest absolute Gasteiger partial charge is 0.345 e. The molecule has 1 amide bonds. The minimum absolute atomic E-state index is 0.187. The Bertz CT molecular complexity index is 609. The maximum Gasteiger partial charge on any atom is 0.251 e. The highest BCUT2D eigenvalue weighted by molar-refractivity contribution is 5.94. The number of hydrogen-bond donors (Lipinski definition) is 3. The maximum atomic E-state index is 11.9. The van der Waals surface area contributed by atoms with Gasteiger partial charge in [-0.25, -0.2) is 4.98 Å². The molecule has 0 aliphatic rings. The van der Waals surface area contributed by atoms with E-state index in [1.54, 1.807) is 18.2 Å². The summed E-state index contributed by atoms with van der Waals surface area (Å²) in [7, 11) is 0. The van der Waals surface area contributed by atoms with Crippen LogP contribution >= 0.6 is 0 Å². The Morgan fingerprint density at radius 2 is 2.37 bits per heavy atom. The van der Waals surface area contributed by atoms with E-state index >= 15 is 0 Å². The Hall–Kier alpha value is -2.65. The van der Waals surface area contributed by atoms with Crippen molar-refractivity contribution in [2.45, 2.75) is 6.54 Å². The van der Waals surface area contributed by atoms with Crippen molar-refractivity contribution in [2.75, 3.05) is 6.54 Å². The van der Waals surface area contributed by atoms with E-state index in [2.05, 4.69) is 32.3 Å². The average Bonchev–Trinajstić information content (AvgIpc) is 2.96. The van der Waals surface area contributed by atoms with Gasteiger partial charge in [0.05, 0.1) is 13.1 Å². The second-order valence-corrected chi connectivity index (χ2v) is 3.70. The van der Waals surface area contributed by atoms with Crippen molar-refractivity contribution < 1.29 is 4.79 Å². The molecule has 0 aliphatic heterocycles. The third kappa shape index (κ3) is 3.66. The lowest BCUT2D eigenvalue weighted by Gasteiger charge is -2.03. The predicted molar refractivity (Wildman–Crippen MR) is 69.9 cm³/mol. The lowest BCUT2D eigenvalue weighted by molar-refractivity contribution is 0.0950. The van der Waals surface area contributed by atoms with Crippen LogP contribution in [0.3, 0.4) is 0 Å². The van der Waals surface area contributed by atoms with Crippen LogP contribution in [0.2, 0.25) is 0 Å². The summed E-state index contributed by atoms with van der Waals surface area (Å²) in [5, 5.41) is 9.11. The van der Waals surface area contributed by atoms with Crippen molar-refractivity contribution in [1.82, 2.24) is 20.5 Å². The first-order chi connectivity index (χ1) is 9.29. The fourth-order valence-electron chi connectivity index (χ4n) is 1.47. The maximum absolute atomic E-state index is 11.9. The van der Waals surface area contributed by atoms with Crippen molar-refractivity contribution in [1.29, 1.82) is 0 Å². The Morgan fingerprint density at radius 3 is 3.11 bits per heavy atom. The molecular formula is C13H13N5O. The number of hydrogen-bond acceptors (Lipinski definition) is 4. The molecule has 1 aromatic carbocycles. The van der Waals surface area contributed by atoms with Crippen LogP contribution in [0.5, 0.6) is 0 Å². The Labute approximate surface area is 110 Å². The molecule has 0 unspecified atom stereocenters. The van der Waals surface area contributed by atoms with Crippen LogP contribution < -0.4 is 11.1 Å². The highest BCUT2D eigenvalue weighted by atomic mass is 16.1. The Balaban J connectivity index is 2.02. The van der Waals surface area contributed by atoms with Gasteiger partial charge in [-0.05, 0) is 18.2 Å². The first-order valence-corrected chi connectivity index (χ1v) is 5.71. The average molecular weight is 255 g/mol. The lowest BCUT2D eigenvalue weighted by atomic mass is 10.1. The summed E-state index contributed by atoms with van der Waals surface area (Å²) in [5.41, 5.74) is 6.61. The van der Waals surface area contributed by atoms with Crippen LogP contribution in [0.4, 0.5) is 0 Å². The number of rotatable bonds is 3. The topological polar surface area (TPSA) is 96.7 Å². The van der Waals surface area contributed by atoms with Gasteiger partial charge in [-0.2, -0.15) is 5.10 Å². The van der Waals surface area contributed by atoms with Crippen LogP contribution in [0.25, 0.3) is 0 Å². The van der Waals surface area contributed by atoms with Crippen LogP contribution in [0.1, 0.15) is 21.7 Å². The molecule has 0 aliphatic carbocycles. The zero-order valence-electron chi connectivity index (χ0n) is 10.2. The Kier molecular flexibility index (Phi) is 4.26. The molecule has 1 heterocycles. The molecule has 0 spiro atoms. The molecule has 0 fully saturated rings. The van der Waals surface area contributed by atoms with E-state index in [4.69, 9.17) is 5.73 Å². The molecule has 0 saturated heterocycles. The van der Waals surface area contributed by atoms with Gasteiger partial charge in [-0.3, -0.25) is 9.89 Å². The normalized spacial score (nSPS) is 9.53. The number of benzene rings is 1. The van der Waals surface area contributed by atoms with Gasteiger partial charge in [0, 0.05) is 11.1 Å². The number of carbonyl (C=O) groups is 1. The molecule has 6 nitrogen and oxygen atoms in total. The highest BCUT2D eigenvalue weighted by Crippen LogP contribution is 2.04. The number of aromatic nitrogens is 3. The van der Waals surface area contributed by atoms with E-state index in [9.17, 15) is 4.79 Å². The van der Waals surface area contributed by atoms with Crippen LogP contribution in [-0.2, 0) is 6.54 Å². The molecular weight excluding hydrogens is 242 g/mol. The van der Waals surface area contributed by atoms with Crippen molar-refractivity contribution >= 4 is 5.91 Å². The molecule has 2 aromatic rings. The second-order valence-electron chi connectivity index (χ2n) is 3.70. The molecule has 19 heavy (non-hydrogen) atoms.